The summed E-state index contributed by atoms with van der Waals surface area (Å²) in [6.45, 7) is 2.88. The van der Waals surface area contributed by atoms with Gasteiger partial charge in [0, 0.05) is 12.3 Å². The van der Waals surface area contributed by atoms with E-state index in [2.05, 4.69) is 20.6 Å². The molecule has 0 aliphatic carbocycles. The van der Waals surface area contributed by atoms with Crippen molar-refractivity contribution in [2.45, 2.75) is 0 Å². The van der Waals surface area contributed by atoms with Crippen molar-refractivity contribution in [3.63, 3.8) is 0 Å². The topological polar surface area (TPSA) is 87.5 Å². The number of esters is 1. The summed E-state index contributed by atoms with van der Waals surface area (Å²) >= 11 is 0. The normalized spacial score (nSPS) is 10.8. The van der Waals surface area contributed by atoms with Crippen molar-refractivity contribution in [2.75, 3.05) is 12.4 Å². The summed E-state index contributed by atoms with van der Waals surface area (Å²) in [6.07, 6.45) is 4.83. The van der Waals surface area contributed by atoms with Crippen molar-refractivity contribution < 1.29 is 22.2 Å². The second-order valence-electron chi connectivity index (χ2n) is 2.63. The van der Waals surface area contributed by atoms with Crippen LogP contribution in [0.25, 0.3) is 0 Å². The zero-order valence-corrected chi connectivity index (χ0v) is 9.09. The van der Waals surface area contributed by atoms with E-state index in [9.17, 15) is 13.2 Å². The molecule has 16 heavy (non-hydrogen) atoms. The molecule has 0 amide bonds. The lowest BCUT2D eigenvalue weighted by Crippen LogP contribution is -2.24. The second-order valence-corrected chi connectivity index (χ2v) is 4.30. The number of carbonyl (C=O) groups is 1. The first-order valence-electron chi connectivity index (χ1n) is 4.23. The smallest absolute Gasteiger partial charge is 0.330 e. The number of rotatable bonds is 6. The summed E-state index contributed by atoms with van der Waals surface area (Å²) in [5.74, 6) is -1.12. The van der Waals surface area contributed by atoms with E-state index in [-0.39, 0.29) is 6.61 Å². The monoisotopic (exact) mass is 246 g/mol. The number of carbonyl (C=O) groups excluding carboxylic acids is 1. The molecule has 1 rings (SSSR count). The van der Waals surface area contributed by atoms with Crippen LogP contribution in [0.15, 0.2) is 31.4 Å². The summed E-state index contributed by atoms with van der Waals surface area (Å²) in [7, 11) is -3.80. The van der Waals surface area contributed by atoms with E-state index in [1.807, 2.05) is 0 Å². The van der Waals surface area contributed by atoms with Crippen LogP contribution in [0.1, 0.15) is 0 Å². The molecule has 1 heterocycles. The zero-order chi connectivity index (χ0) is 12.0. The molecule has 0 spiro atoms. The van der Waals surface area contributed by atoms with E-state index in [4.69, 9.17) is 0 Å². The fraction of sp³-hybridized carbons (Fsp3) is 0.250. The maximum Gasteiger partial charge on any atom is 0.330 e. The van der Waals surface area contributed by atoms with Gasteiger partial charge in [-0.3, -0.25) is 4.28 Å². The molecule has 0 bridgehead atoms. The van der Waals surface area contributed by atoms with Gasteiger partial charge in [-0.15, -0.1) is 0 Å². The Balaban J connectivity index is 2.41. The molecule has 7 nitrogen and oxygen atoms in total. The molecule has 1 aromatic rings. The second kappa shape index (κ2) is 5.31. The SMILES string of the molecule is C=CC(=O)OCCS(=O)(=O)On1ccnc1. The molecular formula is C8H10N2O5S. The van der Waals surface area contributed by atoms with Crippen LogP contribution in [0.2, 0.25) is 0 Å². The van der Waals surface area contributed by atoms with Crippen molar-refractivity contribution in [3.8, 4) is 0 Å². The highest BCUT2D eigenvalue weighted by Gasteiger charge is 2.13. The molecule has 8 heteroatoms. The number of nitrogens with zero attached hydrogens (tertiary/aromatic N) is 2. The Bertz CT molecular complexity index is 451. The Kier molecular flexibility index (Phi) is 4.06. The number of ether oxygens (including phenoxy) is 1. The molecule has 0 atom stereocenters. The van der Waals surface area contributed by atoms with Gasteiger partial charge in [-0.25, -0.2) is 9.78 Å². The summed E-state index contributed by atoms with van der Waals surface area (Å²) in [6, 6.07) is 0. The minimum absolute atomic E-state index is 0.290. The Labute approximate surface area is 92.4 Å². The van der Waals surface area contributed by atoms with Crippen LogP contribution in [0.5, 0.6) is 0 Å². The lowest BCUT2D eigenvalue weighted by atomic mass is 10.6. The summed E-state index contributed by atoms with van der Waals surface area (Å²) in [5.41, 5.74) is 0. The average Bonchev–Trinajstić information content (AvgIpc) is 2.69. The minimum Gasteiger partial charge on any atom is -0.461 e. The maximum absolute atomic E-state index is 11.3. The van der Waals surface area contributed by atoms with Gasteiger partial charge in [0.05, 0.1) is 6.20 Å². The molecule has 0 unspecified atom stereocenters. The Morgan fingerprint density at radius 3 is 2.88 bits per heavy atom. The van der Waals surface area contributed by atoms with Crippen molar-refractivity contribution >= 4 is 16.1 Å². The molecule has 0 radical (unpaired) electrons. The van der Waals surface area contributed by atoms with Crippen LogP contribution >= 0.6 is 0 Å². The Hall–Kier alpha value is -1.83. The van der Waals surface area contributed by atoms with Gasteiger partial charge in [-0.05, 0) is 0 Å². The fourth-order valence-electron chi connectivity index (χ4n) is 0.763. The lowest BCUT2D eigenvalue weighted by Gasteiger charge is -2.05. The summed E-state index contributed by atoms with van der Waals surface area (Å²) < 4.78 is 32.6. The standard InChI is InChI=1S/C8H10N2O5S/c1-2-8(11)14-5-6-16(12,13)15-10-4-3-9-7-10/h2-4,7H,1,5-6H2. The Morgan fingerprint density at radius 1 is 1.56 bits per heavy atom. The van der Waals surface area contributed by atoms with Gasteiger partial charge in [0.15, 0.2) is 0 Å². The van der Waals surface area contributed by atoms with E-state index in [0.29, 0.717) is 0 Å². The molecule has 0 aliphatic rings. The first-order valence-corrected chi connectivity index (χ1v) is 5.81. The molecule has 0 saturated carbocycles. The van der Waals surface area contributed by atoms with Gasteiger partial charge >= 0.3 is 16.1 Å². The number of hydrogen-bond acceptors (Lipinski definition) is 6. The highest BCUT2D eigenvalue weighted by Crippen LogP contribution is 1.92. The van der Waals surface area contributed by atoms with Crippen LogP contribution in [-0.4, -0.2) is 36.5 Å². The fourth-order valence-corrected chi connectivity index (χ4v) is 1.48. The lowest BCUT2D eigenvalue weighted by molar-refractivity contribution is -0.137. The van der Waals surface area contributed by atoms with Crippen LogP contribution in [-0.2, 0) is 19.6 Å². The molecule has 0 fully saturated rings. The average molecular weight is 246 g/mol. The third kappa shape index (κ3) is 4.13. The van der Waals surface area contributed by atoms with Gasteiger partial charge < -0.3 is 4.74 Å². The first-order chi connectivity index (χ1) is 7.53. The van der Waals surface area contributed by atoms with E-state index in [1.165, 1.54) is 18.7 Å². The number of imidazole rings is 1. The third-order valence-electron chi connectivity index (χ3n) is 1.42. The van der Waals surface area contributed by atoms with Gasteiger partial charge in [-0.1, -0.05) is 6.58 Å². The van der Waals surface area contributed by atoms with Gasteiger partial charge in [-0.2, -0.15) is 13.1 Å². The third-order valence-corrected chi connectivity index (χ3v) is 2.49. The van der Waals surface area contributed by atoms with Crippen molar-refractivity contribution in [2.24, 2.45) is 0 Å². The molecule has 0 aliphatic heterocycles. The van der Waals surface area contributed by atoms with E-state index < -0.39 is 21.8 Å². The molecule has 1 aromatic heterocycles. The van der Waals surface area contributed by atoms with Crippen molar-refractivity contribution in [1.82, 2.24) is 9.71 Å². The van der Waals surface area contributed by atoms with E-state index >= 15 is 0 Å². The zero-order valence-electron chi connectivity index (χ0n) is 8.27. The van der Waals surface area contributed by atoms with Crippen LogP contribution in [0.3, 0.4) is 0 Å². The van der Waals surface area contributed by atoms with Gasteiger partial charge in [0.2, 0.25) is 0 Å². The maximum atomic E-state index is 11.3. The summed E-state index contributed by atoms with van der Waals surface area (Å²) in [5, 5.41) is 0. The quantitative estimate of drug-likeness (QED) is 0.490. The molecule has 0 N–H and O–H groups in total. The number of aromatic nitrogens is 2. The highest BCUT2D eigenvalue weighted by molar-refractivity contribution is 7.86. The predicted octanol–water partition coefficient (Wildman–Crippen LogP) is -0.629. The minimum atomic E-state index is -3.80. The van der Waals surface area contributed by atoms with E-state index in [1.54, 1.807) is 0 Å². The van der Waals surface area contributed by atoms with Crippen molar-refractivity contribution in [3.05, 3.63) is 31.4 Å². The molecular weight excluding hydrogens is 236 g/mol. The largest absolute Gasteiger partial charge is 0.461 e. The van der Waals surface area contributed by atoms with Crippen LogP contribution in [0.4, 0.5) is 0 Å². The summed E-state index contributed by atoms with van der Waals surface area (Å²) in [4.78, 5) is 14.2. The van der Waals surface area contributed by atoms with Gasteiger partial charge in [0.25, 0.3) is 0 Å². The molecule has 0 saturated heterocycles. The van der Waals surface area contributed by atoms with Crippen molar-refractivity contribution in [1.29, 1.82) is 0 Å². The Morgan fingerprint density at radius 2 is 2.31 bits per heavy atom. The van der Waals surface area contributed by atoms with E-state index in [0.717, 1.165) is 10.8 Å². The highest BCUT2D eigenvalue weighted by atomic mass is 32.2. The molecule has 88 valence electrons. The first kappa shape index (κ1) is 12.2. The molecule has 0 aromatic carbocycles. The van der Waals surface area contributed by atoms with Crippen LogP contribution < -0.4 is 4.28 Å². The van der Waals surface area contributed by atoms with Crippen LogP contribution in [0, 0.1) is 0 Å². The van der Waals surface area contributed by atoms with Gasteiger partial charge in [0.1, 0.15) is 18.7 Å². The number of hydrogen-bond donors (Lipinski definition) is 0. The predicted molar refractivity (Wildman–Crippen MR) is 53.7 cm³/mol.